The molecule has 0 aromatic heterocycles. The summed E-state index contributed by atoms with van der Waals surface area (Å²) in [6, 6.07) is 4.59. The van der Waals surface area contributed by atoms with Crippen LogP contribution < -0.4 is 5.73 Å². The fourth-order valence-corrected chi connectivity index (χ4v) is 2.55. The van der Waals surface area contributed by atoms with E-state index in [-0.39, 0.29) is 11.7 Å². The average molecular weight is 264 g/mol. The van der Waals surface area contributed by atoms with Gasteiger partial charge in [0.25, 0.3) is 0 Å². The predicted octanol–water partition coefficient (Wildman–Crippen LogP) is 2.29. The van der Waals surface area contributed by atoms with Gasteiger partial charge in [0.05, 0.1) is 0 Å². The van der Waals surface area contributed by atoms with Gasteiger partial charge in [0.2, 0.25) is 5.91 Å². The quantitative estimate of drug-likeness (QED) is 0.907. The van der Waals surface area contributed by atoms with Crippen LogP contribution >= 0.6 is 0 Å². The smallest absolute Gasteiger partial charge is 0.223 e. The van der Waals surface area contributed by atoms with Crippen molar-refractivity contribution in [2.45, 2.75) is 33.4 Å². The van der Waals surface area contributed by atoms with Gasteiger partial charge in [0, 0.05) is 26.1 Å². The lowest BCUT2D eigenvalue weighted by Crippen LogP contribution is -2.26. The molecule has 1 aromatic rings. The first-order chi connectivity index (χ1) is 9.01. The second-order valence-corrected chi connectivity index (χ2v) is 5.60. The van der Waals surface area contributed by atoms with Crippen molar-refractivity contribution < 1.29 is 9.18 Å². The Bertz CT molecular complexity index is 473. The third-order valence-corrected chi connectivity index (χ3v) is 3.94. The van der Waals surface area contributed by atoms with Gasteiger partial charge in [0.15, 0.2) is 0 Å². The first-order valence-electron chi connectivity index (χ1n) is 6.76. The van der Waals surface area contributed by atoms with Crippen molar-refractivity contribution in [3.63, 3.8) is 0 Å². The van der Waals surface area contributed by atoms with E-state index in [2.05, 4.69) is 13.8 Å². The minimum atomic E-state index is -0.278. The van der Waals surface area contributed by atoms with Crippen molar-refractivity contribution in [3.05, 3.63) is 35.1 Å². The number of nitrogens with zero attached hydrogens (tertiary/aromatic N) is 1. The minimum Gasteiger partial charge on any atom is -0.338 e. The Hall–Kier alpha value is -1.42. The molecule has 0 radical (unpaired) electrons. The Labute approximate surface area is 113 Å². The number of benzene rings is 1. The first-order valence-corrected chi connectivity index (χ1v) is 6.76. The number of halogens is 1. The fourth-order valence-electron chi connectivity index (χ4n) is 2.55. The van der Waals surface area contributed by atoms with Crippen LogP contribution in [0.25, 0.3) is 0 Å². The van der Waals surface area contributed by atoms with Crippen LogP contribution in [0.3, 0.4) is 0 Å². The van der Waals surface area contributed by atoms with Crippen LogP contribution in [0.15, 0.2) is 18.2 Å². The fraction of sp³-hybridized carbons (Fsp3) is 0.533. The van der Waals surface area contributed by atoms with Crippen molar-refractivity contribution in [2.75, 3.05) is 6.54 Å². The Balaban J connectivity index is 2.13. The maximum absolute atomic E-state index is 13.3. The molecule has 104 valence electrons. The molecule has 1 atom stereocenters. The lowest BCUT2D eigenvalue weighted by atomic mass is 9.95. The highest BCUT2D eigenvalue weighted by atomic mass is 19.1. The molecule has 2 rings (SSSR count). The number of hydrogen-bond donors (Lipinski definition) is 1. The average Bonchev–Trinajstić information content (AvgIpc) is 2.72. The number of hydrogen-bond acceptors (Lipinski definition) is 2. The van der Waals surface area contributed by atoms with E-state index in [9.17, 15) is 9.18 Å². The Morgan fingerprint density at radius 3 is 2.74 bits per heavy atom. The van der Waals surface area contributed by atoms with Gasteiger partial charge in [-0.1, -0.05) is 19.9 Å². The molecule has 1 aromatic carbocycles. The van der Waals surface area contributed by atoms with Crippen molar-refractivity contribution in [2.24, 2.45) is 17.6 Å². The van der Waals surface area contributed by atoms with E-state index in [1.54, 1.807) is 6.07 Å². The van der Waals surface area contributed by atoms with Gasteiger partial charge < -0.3 is 10.6 Å². The van der Waals surface area contributed by atoms with E-state index < -0.39 is 0 Å². The van der Waals surface area contributed by atoms with Crippen LogP contribution in [0.2, 0.25) is 0 Å². The van der Waals surface area contributed by atoms with Crippen LogP contribution in [0.1, 0.15) is 31.4 Å². The van der Waals surface area contributed by atoms with E-state index in [1.807, 2.05) is 4.90 Å². The van der Waals surface area contributed by atoms with Crippen LogP contribution in [-0.4, -0.2) is 17.4 Å². The summed E-state index contributed by atoms with van der Waals surface area (Å²) < 4.78 is 13.3. The summed E-state index contributed by atoms with van der Waals surface area (Å²) in [7, 11) is 0. The minimum absolute atomic E-state index is 0.158. The first kappa shape index (κ1) is 14.0. The summed E-state index contributed by atoms with van der Waals surface area (Å²) in [4.78, 5) is 13.8. The number of nitrogens with two attached hydrogens (primary N) is 1. The number of likely N-dealkylation sites (tertiary alicyclic amines) is 1. The van der Waals surface area contributed by atoms with Gasteiger partial charge in [0.1, 0.15) is 5.82 Å². The summed E-state index contributed by atoms with van der Waals surface area (Å²) in [5.41, 5.74) is 7.38. The largest absolute Gasteiger partial charge is 0.338 e. The lowest BCUT2D eigenvalue weighted by molar-refractivity contribution is -0.128. The van der Waals surface area contributed by atoms with Gasteiger partial charge in [-0.3, -0.25) is 4.79 Å². The van der Waals surface area contributed by atoms with E-state index in [0.717, 1.165) is 17.7 Å². The third kappa shape index (κ3) is 3.13. The summed E-state index contributed by atoms with van der Waals surface area (Å²) >= 11 is 0. The molecule has 1 fully saturated rings. The maximum Gasteiger partial charge on any atom is 0.223 e. The lowest BCUT2D eigenvalue weighted by Gasteiger charge is -2.19. The highest BCUT2D eigenvalue weighted by Crippen LogP contribution is 2.26. The van der Waals surface area contributed by atoms with Crippen LogP contribution in [0.4, 0.5) is 4.39 Å². The zero-order chi connectivity index (χ0) is 14.0. The molecule has 2 N–H and O–H groups in total. The molecule has 3 nitrogen and oxygen atoms in total. The van der Waals surface area contributed by atoms with Gasteiger partial charge >= 0.3 is 0 Å². The Morgan fingerprint density at radius 1 is 1.42 bits per heavy atom. The summed E-state index contributed by atoms with van der Waals surface area (Å²) in [6.45, 7) is 5.86. The van der Waals surface area contributed by atoms with Crippen LogP contribution in [0, 0.1) is 17.7 Å². The molecule has 1 unspecified atom stereocenters. The van der Waals surface area contributed by atoms with Crippen LogP contribution in [-0.2, 0) is 17.9 Å². The van der Waals surface area contributed by atoms with Crippen molar-refractivity contribution >= 4 is 5.91 Å². The summed E-state index contributed by atoms with van der Waals surface area (Å²) in [5.74, 6) is 0.781. The molecule has 4 heteroatoms. The number of carbonyl (C=O) groups is 1. The number of rotatable bonds is 4. The standard InChI is InChI=1S/C15H21FN2O/c1-10(2)12-6-15(19)18(8-12)9-13-5-14(16)4-3-11(13)7-17/h3-5,10,12H,6-9,17H2,1-2H3. The van der Waals surface area contributed by atoms with E-state index >= 15 is 0 Å². The number of carbonyl (C=O) groups excluding carboxylic acids is 1. The Kier molecular flexibility index (Phi) is 4.20. The molecular weight excluding hydrogens is 243 g/mol. The normalized spacial score (nSPS) is 19.5. The second-order valence-electron chi connectivity index (χ2n) is 5.60. The topological polar surface area (TPSA) is 46.3 Å². The summed E-state index contributed by atoms with van der Waals surface area (Å²) in [6.07, 6.45) is 0.602. The van der Waals surface area contributed by atoms with E-state index in [1.165, 1.54) is 12.1 Å². The third-order valence-electron chi connectivity index (χ3n) is 3.94. The molecule has 1 aliphatic rings. The molecule has 19 heavy (non-hydrogen) atoms. The molecule has 1 aliphatic heterocycles. The monoisotopic (exact) mass is 264 g/mol. The molecule has 1 amide bonds. The van der Waals surface area contributed by atoms with Gasteiger partial charge in [-0.2, -0.15) is 0 Å². The zero-order valence-electron chi connectivity index (χ0n) is 11.5. The van der Waals surface area contributed by atoms with E-state index in [0.29, 0.717) is 31.3 Å². The SMILES string of the molecule is CC(C)C1CC(=O)N(Cc2cc(F)ccc2CN)C1. The highest BCUT2D eigenvalue weighted by Gasteiger charge is 2.31. The van der Waals surface area contributed by atoms with Gasteiger partial charge in [-0.15, -0.1) is 0 Å². The van der Waals surface area contributed by atoms with Crippen molar-refractivity contribution in [1.82, 2.24) is 4.90 Å². The maximum atomic E-state index is 13.3. The van der Waals surface area contributed by atoms with E-state index in [4.69, 9.17) is 5.73 Å². The Morgan fingerprint density at radius 2 is 2.16 bits per heavy atom. The molecule has 1 saturated heterocycles. The molecule has 0 bridgehead atoms. The molecule has 0 saturated carbocycles. The van der Waals surface area contributed by atoms with Crippen molar-refractivity contribution in [3.8, 4) is 0 Å². The predicted molar refractivity (Wildman–Crippen MR) is 72.7 cm³/mol. The summed E-state index contributed by atoms with van der Waals surface area (Å²) in [5, 5.41) is 0. The second kappa shape index (κ2) is 5.70. The number of amides is 1. The molecular formula is C15H21FN2O. The van der Waals surface area contributed by atoms with Gasteiger partial charge in [-0.25, -0.2) is 4.39 Å². The zero-order valence-corrected chi connectivity index (χ0v) is 11.5. The van der Waals surface area contributed by atoms with Crippen molar-refractivity contribution in [1.29, 1.82) is 0 Å². The molecule has 0 spiro atoms. The molecule has 0 aliphatic carbocycles. The van der Waals surface area contributed by atoms with Crippen LogP contribution in [0.5, 0.6) is 0 Å². The van der Waals surface area contributed by atoms with Gasteiger partial charge in [-0.05, 0) is 35.1 Å². The highest BCUT2D eigenvalue weighted by molar-refractivity contribution is 5.78. The molecule has 1 heterocycles.